The molecule has 166 valence electrons. The number of hydrogen-bond donors (Lipinski definition) is 0. The summed E-state index contributed by atoms with van der Waals surface area (Å²) in [6.07, 6.45) is 6.00. The molecule has 0 N–H and O–H groups in total. The molecule has 2 saturated carbocycles. The fourth-order valence-corrected chi connectivity index (χ4v) is 7.91. The first kappa shape index (κ1) is 21.0. The molecule has 3 aliphatic carbocycles. The van der Waals surface area contributed by atoms with Crippen LogP contribution in [0.5, 0.6) is 5.75 Å². The Hall–Kier alpha value is -1.85. The van der Waals surface area contributed by atoms with Gasteiger partial charge in [0.25, 0.3) is 10.1 Å². The molecule has 0 amide bonds. The van der Waals surface area contributed by atoms with E-state index in [-0.39, 0.29) is 16.4 Å². The van der Waals surface area contributed by atoms with Gasteiger partial charge in [0, 0.05) is 0 Å². The molecular formula is C26H32O4S. The molecule has 5 heteroatoms. The summed E-state index contributed by atoms with van der Waals surface area (Å²) in [6, 6.07) is 13.5. The van der Waals surface area contributed by atoms with E-state index in [2.05, 4.69) is 25.1 Å². The predicted octanol–water partition coefficient (Wildman–Crippen LogP) is 5.63. The first-order valence-corrected chi connectivity index (χ1v) is 12.9. The van der Waals surface area contributed by atoms with Crippen molar-refractivity contribution in [2.24, 2.45) is 17.3 Å². The number of benzene rings is 2. The molecule has 0 bridgehead atoms. The van der Waals surface area contributed by atoms with Gasteiger partial charge in [-0.25, -0.2) is 0 Å². The molecule has 3 aliphatic rings. The lowest BCUT2D eigenvalue weighted by molar-refractivity contribution is -0.00804. The Morgan fingerprint density at radius 3 is 2.52 bits per heavy atom. The largest absolute Gasteiger partial charge is 0.497 e. The van der Waals surface area contributed by atoms with Crippen LogP contribution in [0.2, 0.25) is 0 Å². The Balaban J connectivity index is 1.38. The molecule has 0 aromatic heterocycles. The lowest BCUT2D eigenvalue weighted by atomic mass is 9.55. The minimum Gasteiger partial charge on any atom is -0.497 e. The third kappa shape index (κ3) is 3.50. The summed E-state index contributed by atoms with van der Waals surface area (Å²) in [5.74, 6) is 2.63. The van der Waals surface area contributed by atoms with Gasteiger partial charge < -0.3 is 4.74 Å². The van der Waals surface area contributed by atoms with Crippen molar-refractivity contribution < 1.29 is 17.3 Å². The van der Waals surface area contributed by atoms with Gasteiger partial charge in [0.1, 0.15) is 5.75 Å². The maximum absolute atomic E-state index is 13.0. The smallest absolute Gasteiger partial charge is 0.297 e. The van der Waals surface area contributed by atoms with Crippen LogP contribution in [0.4, 0.5) is 0 Å². The van der Waals surface area contributed by atoms with Crippen molar-refractivity contribution in [2.75, 3.05) is 7.11 Å². The number of aryl methyl sites for hydroxylation is 2. The van der Waals surface area contributed by atoms with E-state index in [0.717, 1.165) is 43.4 Å². The van der Waals surface area contributed by atoms with Crippen molar-refractivity contribution in [3.05, 3.63) is 59.2 Å². The van der Waals surface area contributed by atoms with Crippen LogP contribution in [0.3, 0.4) is 0 Å². The van der Waals surface area contributed by atoms with Crippen LogP contribution in [-0.4, -0.2) is 21.6 Å². The van der Waals surface area contributed by atoms with E-state index in [1.54, 1.807) is 19.2 Å². The zero-order valence-corrected chi connectivity index (χ0v) is 19.5. The molecule has 0 spiro atoms. The lowest BCUT2D eigenvalue weighted by Gasteiger charge is -2.50. The van der Waals surface area contributed by atoms with Crippen LogP contribution in [0.15, 0.2) is 47.4 Å². The zero-order valence-electron chi connectivity index (χ0n) is 18.6. The molecule has 5 atom stereocenters. The van der Waals surface area contributed by atoms with E-state index in [1.165, 1.54) is 17.5 Å². The average Bonchev–Trinajstić information content (AvgIpc) is 3.09. The second kappa shape index (κ2) is 7.63. The quantitative estimate of drug-likeness (QED) is 0.578. The third-order valence-electron chi connectivity index (χ3n) is 8.40. The van der Waals surface area contributed by atoms with Gasteiger partial charge in [0.05, 0.1) is 18.1 Å². The number of methoxy groups -OCH3 is 1. The van der Waals surface area contributed by atoms with Crippen molar-refractivity contribution in [1.82, 2.24) is 0 Å². The molecule has 5 rings (SSSR count). The SMILES string of the molecule is COc1ccc2c(c1)CC[C@@H]1[C@@H]2CC[C@@]2(C)[C@@H]1CC[C@H]2OS(=O)(=O)c1ccc(C)cc1. The van der Waals surface area contributed by atoms with Crippen LogP contribution >= 0.6 is 0 Å². The summed E-state index contributed by atoms with van der Waals surface area (Å²) in [5.41, 5.74) is 3.87. The summed E-state index contributed by atoms with van der Waals surface area (Å²) in [5, 5.41) is 0. The highest BCUT2D eigenvalue weighted by Crippen LogP contribution is 2.61. The standard InChI is InChI=1S/C26H32O4S/c1-17-4-8-20(9-5-17)31(27,28)30-25-13-12-24-23-10-6-18-16-19(29-3)7-11-21(18)22(23)14-15-26(24,25)2/h4-5,7-9,11,16,22-25H,6,10,12-15H2,1-3H3/t22-,23-,24-,25-,26+/m1/s1. The Morgan fingerprint density at radius 1 is 1.00 bits per heavy atom. The Morgan fingerprint density at radius 2 is 1.77 bits per heavy atom. The normalized spacial score (nSPS) is 32.1. The molecule has 0 aliphatic heterocycles. The van der Waals surface area contributed by atoms with Crippen molar-refractivity contribution >= 4 is 10.1 Å². The molecule has 2 aromatic rings. The maximum Gasteiger partial charge on any atom is 0.297 e. The van der Waals surface area contributed by atoms with Gasteiger partial charge in [-0.15, -0.1) is 0 Å². The molecule has 2 fully saturated rings. The maximum atomic E-state index is 13.0. The average molecular weight is 441 g/mol. The molecule has 0 heterocycles. The van der Waals surface area contributed by atoms with E-state index < -0.39 is 10.1 Å². The highest BCUT2D eigenvalue weighted by molar-refractivity contribution is 7.86. The van der Waals surface area contributed by atoms with E-state index >= 15 is 0 Å². The highest BCUT2D eigenvalue weighted by atomic mass is 32.2. The van der Waals surface area contributed by atoms with Crippen LogP contribution in [0.25, 0.3) is 0 Å². The summed E-state index contributed by atoms with van der Waals surface area (Å²) in [6.45, 7) is 4.23. The summed E-state index contributed by atoms with van der Waals surface area (Å²) >= 11 is 0. The van der Waals surface area contributed by atoms with E-state index in [0.29, 0.717) is 17.8 Å². The van der Waals surface area contributed by atoms with Crippen LogP contribution in [-0.2, 0) is 20.7 Å². The van der Waals surface area contributed by atoms with Gasteiger partial charge >= 0.3 is 0 Å². The molecule has 31 heavy (non-hydrogen) atoms. The Kier molecular flexibility index (Phi) is 5.17. The van der Waals surface area contributed by atoms with E-state index in [1.807, 2.05) is 19.1 Å². The van der Waals surface area contributed by atoms with E-state index in [4.69, 9.17) is 8.92 Å². The van der Waals surface area contributed by atoms with E-state index in [9.17, 15) is 8.42 Å². The Labute approximate surface area is 186 Å². The van der Waals surface area contributed by atoms with Gasteiger partial charge in [0.15, 0.2) is 0 Å². The first-order chi connectivity index (χ1) is 14.8. The van der Waals surface area contributed by atoms with Crippen molar-refractivity contribution in [2.45, 2.75) is 69.3 Å². The van der Waals surface area contributed by atoms with Crippen LogP contribution in [0.1, 0.15) is 61.6 Å². The zero-order chi connectivity index (χ0) is 21.8. The third-order valence-corrected chi connectivity index (χ3v) is 9.73. The van der Waals surface area contributed by atoms with Gasteiger partial charge in [-0.3, -0.25) is 4.18 Å². The fourth-order valence-electron chi connectivity index (χ4n) is 6.71. The molecule has 4 nitrogen and oxygen atoms in total. The fraction of sp³-hybridized carbons (Fsp3) is 0.538. The summed E-state index contributed by atoms with van der Waals surface area (Å²) in [7, 11) is -2.02. The lowest BCUT2D eigenvalue weighted by Crippen LogP contribution is -2.45. The topological polar surface area (TPSA) is 52.6 Å². The molecule has 0 radical (unpaired) electrons. The van der Waals surface area contributed by atoms with Crippen molar-refractivity contribution in [1.29, 1.82) is 0 Å². The highest BCUT2D eigenvalue weighted by Gasteiger charge is 2.56. The minimum atomic E-state index is -3.75. The van der Waals surface area contributed by atoms with Crippen LogP contribution in [0, 0.1) is 24.2 Å². The van der Waals surface area contributed by atoms with Gasteiger partial charge in [-0.2, -0.15) is 8.42 Å². The predicted molar refractivity (Wildman–Crippen MR) is 121 cm³/mol. The molecule has 0 saturated heterocycles. The van der Waals surface area contributed by atoms with Crippen molar-refractivity contribution in [3.8, 4) is 5.75 Å². The monoisotopic (exact) mass is 440 g/mol. The van der Waals surface area contributed by atoms with Gasteiger partial charge in [-0.1, -0.05) is 30.7 Å². The Bertz CT molecular complexity index is 1080. The minimum absolute atomic E-state index is 0.0804. The number of ether oxygens (including phenoxy) is 1. The summed E-state index contributed by atoms with van der Waals surface area (Å²) in [4.78, 5) is 0.263. The number of rotatable bonds is 4. The van der Waals surface area contributed by atoms with Crippen LogP contribution < -0.4 is 4.74 Å². The van der Waals surface area contributed by atoms with Gasteiger partial charge in [-0.05, 0) is 104 Å². The second-order valence-corrected chi connectivity index (χ2v) is 11.5. The molecule has 2 aromatic carbocycles. The second-order valence-electron chi connectivity index (χ2n) is 9.95. The number of fused-ring (bicyclic) bond motifs is 5. The molecular weight excluding hydrogens is 408 g/mol. The number of hydrogen-bond acceptors (Lipinski definition) is 4. The molecule has 0 unspecified atom stereocenters. The van der Waals surface area contributed by atoms with Gasteiger partial charge in [0.2, 0.25) is 0 Å². The first-order valence-electron chi connectivity index (χ1n) is 11.5. The van der Waals surface area contributed by atoms with Crippen molar-refractivity contribution in [3.63, 3.8) is 0 Å². The summed E-state index contributed by atoms with van der Waals surface area (Å²) < 4.78 is 37.3.